The lowest BCUT2D eigenvalue weighted by molar-refractivity contribution is -0.120. The Labute approximate surface area is 121 Å². The van der Waals surface area contributed by atoms with Crippen molar-refractivity contribution in [3.05, 3.63) is 29.8 Å². The van der Waals surface area contributed by atoms with Crippen LogP contribution >= 0.6 is 0 Å². The number of nitrogens with zero attached hydrogens (tertiary/aromatic N) is 1. The summed E-state index contributed by atoms with van der Waals surface area (Å²) in [7, 11) is 0. The first-order valence-corrected chi connectivity index (χ1v) is 8.19. The minimum absolute atomic E-state index is 0.370. The monoisotopic (exact) mass is 269 g/mol. The third kappa shape index (κ3) is 2.06. The van der Waals surface area contributed by atoms with Gasteiger partial charge in [-0.25, -0.2) is 0 Å². The van der Waals surface area contributed by atoms with Gasteiger partial charge in [0.15, 0.2) is 0 Å². The van der Waals surface area contributed by atoms with Crippen LogP contribution in [0.15, 0.2) is 24.3 Å². The van der Waals surface area contributed by atoms with Crippen LogP contribution < -0.4 is 4.90 Å². The summed E-state index contributed by atoms with van der Waals surface area (Å²) in [5.41, 5.74) is 2.52. The molecule has 3 aliphatic rings. The molecule has 0 radical (unpaired) electrons. The van der Waals surface area contributed by atoms with Crippen LogP contribution in [0.25, 0.3) is 0 Å². The number of rotatable bonds is 2. The molecule has 1 heterocycles. The first kappa shape index (κ1) is 12.4. The van der Waals surface area contributed by atoms with Crippen molar-refractivity contribution < 1.29 is 4.79 Å². The molecule has 2 aliphatic carbocycles. The van der Waals surface area contributed by atoms with E-state index in [1.165, 1.54) is 36.9 Å². The molecule has 2 heteroatoms. The van der Waals surface area contributed by atoms with E-state index >= 15 is 0 Å². The van der Waals surface area contributed by atoms with Crippen molar-refractivity contribution in [2.24, 2.45) is 17.8 Å². The maximum absolute atomic E-state index is 12.7. The van der Waals surface area contributed by atoms with Crippen LogP contribution in [0, 0.1) is 17.8 Å². The van der Waals surface area contributed by atoms with Gasteiger partial charge in [0, 0.05) is 18.7 Å². The summed E-state index contributed by atoms with van der Waals surface area (Å²) in [4.78, 5) is 14.8. The van der Waals surface area contributed by atoms with Crippen LogP contribution in [0.2, 0.25) is 0 Å². The molecule has 1 amide bonds. The average Bonchev–Trinajstić information content (AvgIpc) is 3.09. The zero-order chi connectivity index (χ0) is 13.5. The Balaban J connectivity index is 1.49. The van der Waals surface area contributed by atoms with E-state index in [1.807, 2.05) is 0 Å². The number of anilines is 1. The lowest BCUT2D eigenvalue weighted by Gasteiger charge is -2.31. The Kier molecular flexibility index (Phi) is 3.05. The molecule has 2 saturated carbocycles. The number of hydrogen-bond donors (Lipinski definition) is 0. The lowest BCUT2D eigenvalue weighted by Crippen LogP contribution is -2.37. The standard InChI is InChI=1S/C18H23NO/c20-18(12-16-11-13-7-8-15(16)10-13)19-9-3-5-14-4-1-2-6-17(14)19/h1-2,4,6,13,15-16H,3,5,7-12H2. The molecule has 0 spiro atoms. The quantitative estimate of drug-likeness (QED) is 0.800. The third-order valence-electron chi connectivity index (χ3n) is 5.73. The molecule has 1 aliphatic heterocycles. The molecule has 2 nitrogen and oxygen atoms in total. The van der Waals surface area contributed by atoms with E-state index in [9.17, 15) is 4.79 Å². The minimum Gasteiger partial charge on any atom is -0.312 e. The van der Waals surface area contributed by atoms with Crippen LogP contribution in [0.4, 0.5) is 5.69 Å². The van der Waals surface area contributed by atoms with Crippen molar-refractivity contribution >= 4 is 11.6 Å². The van der Waals surface area contributed by atoms with Gasteiger partial charge in [0.2, 0.25) is 5.91 Å². The number of aryl methyl sites for hydroxylation is 1. The van der Waals surface area contributed by atoms with Gasteiger partial charge in [-0.1, -0.05) is 24.6 Å². The van der Waals surface area contributed by atoms with Crippen LogP contribution in [-0.4, -0.2) is 12.5 Å². The smallest absolute Gasteiger partial charge is 0.227 e. The summed E-state index contributed by atoms with van der Waals surface area (Å²) in [5.74, 6) is 2.83. The molecule has 4 rings (SSSR count). The van der Waals surface area contributed by atoms with Gasteiger partial charge < -0.3 is 4.90 Å². The van der Waals surface area contributed by atoms with Gasteiger partial charge in [-0.05, 0) is 61.5 Å². The first-order chi connectivity index (χ1) is 9.81. The van der Waals surface area contributed by atoms with Crippen molar-refractivity contribution in [3.63, 3.8) is 0 Å². The van der Waals surface area contributed by atoms with Crippen molar-refractivity contribution in [3.8, 4) is 0 Å². The molecule has 3 unspecified atom stereocenters. The van der Waals surface area contributed by atoms with Gasteiger partial charge in [0.1, 0.15) is 0 Å². The highest BCUT2D eigenvalue weighted by Crippen LogP contribution is 2.49. The van der Waals surface area contributed by atoms with E-state index in [-0.39, 0.29) is 0 Å². The van der Waals surface area contributed by atoms with E-state index < -0.39 is 0 Å². The number of fused-ring (bicyclic) bond motifs is 3. The highest BCUT2D eigenvalue weighted by Gasteiger charge is 2.40. The SMILES string of the molecule is O=C(CC1CC2CCC1C2)N1CCCc2ccccc21. The van der Waals surface area contributed by atoms with Crippen molar-refractivity contribution in [2.75, 3.05) is 11.4 Å². The number of carbonyl (C=O) groups excluding carboxylic acids is 1. The fourth-order valence-corrected chi connectivity index (χ4v) is 4.75. The number of hydrogen-bond acceptors (Lipinski definition) is 1. The molecule has 106 valence electrons. The van der Waals surface area contributed by atoms with E-state index in [0.717, 1.165) is 37.6 Å². The first-order valence-electron chi connectivity index (χ1n) is 8.19. The Hall–Kier alpha value is -1.31. The third-order valence-corrected chi connectivity index (χ3v) is 5.73. The molecule has 20 heavy (non-hydrogen) atoms. The second-order valence-corrected chi connectivity index (χ2v) is 6.92. The highest BCUT2D eigenvalue weighted by molar-refractivity contribution is 5.94. The summed E-state index contributed by atoms with van der Waals surface area (Å²) in [6, 6.07) is 8.43. The van der Waals surface area contributed by atoms with Crippen molar-refractivity contribution in [2.45, 2.75) is 44.9 Å². The Bertz CT molecular complexity index is 524. The van der Waals surface area contributed by atoms with Crippen molar-refractivity contribution in [1.82, 2.24) is 0 Å². The Morgan fingerprint density at radius 2 is 2.10 bits per heavy atom. The van der Waals surface area contributed by atoms with Gasteiger partial charge in [-0.2, -0.15) is 0 Å². The van der Waals surface area contributed by atoms with Gasteiger partial charge in [-0.15, -0.1) is 0 Å². The predicted octanol–water partition coefficient (Wildman–Crippen LogP) is 3.79. The fourth-order valence-electron chi connectivity index (χ4n) is 4.75. The summed E-state index contributed by atoms with van der Waals surface area (Å²) < 4.78 is 0. The van der Waals surface area contributed by atoms with E-state index in [1.54, 1.807) is 0 Å². The Morgan fingerprint density at radius 1 is 1.20 bits per heavy atom. The Morgan fingerprint density at radius 3 is 2.90 bits per heavy atom. The van der Waals surface area contributed by atoms with Crippen LogP contribution in [0.5, 0.6) is 0 Å². The second kappa shape index (κ2) is 4.91. The van der Waals surface area contributed by atoms with Crippen LogP contribution in [0.3, 0.4) is 0 Å². The van der Waals surface area contributed by atoms with Crippen LogP contribution in [-0.2, 0) is 11.2 Å². The number of carbonyl (C=O) groups is 1. The molecule has 2 bridgehead atoms. The second-order valence-electron chi connectivity index (χ2n) is 6.92. The van der Waals surface area contributed by atoms with Crippen molar-refractivity contribution in [1.29, 1.82) is 0 Å². The summed E-state index contributed by atoms with van der Waals surface area (Å²) >= 11 is 0. The molecular weight excluding hydrogens is 246 g/mol. The zero-order valence-corrected chi connectivity index (χ0v) is 12.1. The number of amides is 1. The van der Waals surface area contributed by atoms with Gasteiger partial charge >= 0.3 is 0 Å². The molecule has 0 aromatic heterocycles. The minimum atomic E-state index is 0.370. The molecule has 2 fully saturated rings. The van der Waals surface area contributed by atoms with Gasteiger partial charge in [0.25, 0.3) is 0 Å². The van der Waals surface area contributed by atoms with Crippen LogP contribution in [0.1, 0.15) is 44.1 Å². The van der Waals surface area contributed by atoms with Gasteiger partial charge in [0.05, 0.1) is 0 Å². The number of benzene rings is 1. The zero-order valence-electron chi connectivity index (χ0n) is 12.1. The molecule has 1 aromatic rings. The summed E-state index contributed by atoms with van der Waals surface area (Å²) in [6.45, 7) is 0.913. The van der Waals surface area contributed by atoms with E-state index in [0.29, 0.717) is 11.8 Å². The molecule has 0 N–H and O–H groups in total. The molecule has 3 atom stereocenters. The summed E-state index contributed by atoms with van der Waals surface area (Å²) in [6.07, 6.45) is 8.52. The number of para-hydroxylation sites is 1. The van der Waals surface area contributed by atoms with E-state index in [4.69, 9.17) is 0 Å². The maximum atomic E-state index is 12.7. The lowest BCUT2D eigenvalue weighted by atomic mass is 9.86. The molecule has 0 saturated heterocycles. The van der Waals surface area contributed by atoms with Gasteiger partial charge in [-0.3, -0.25) is 4.79 Å². The van der Waals surface area contributed by atoms with E-state index in [2.05, 4.69) is 29.2 Å². The molecular formula is C18H23NO. The largest absolute Gasteiger partial charge is 0.312 e. The topological polar surface area (TPSA) is 20.3 Å². The highest BCUT2D eigenvalue weighted by atomic mass is 16.2. The fraction of sp³-hybridized carbons (Fsp3) is 0.611. The summed E-state index contributed by atoms with van der Waals surface area (Å²) in [5, 5.41) is 0. The maximum Gasteiger partial charge on any atom is 0.227 e. The predicted molar refractivity (Wildman–Crippen MR) is 80.7 cm³/mol. The average molecular weight is 269 g/mol. The molecule has 1 aromatic carbocycles. The normalized spacial score (nSPS) is 31.4.